The summed E-state index contributed by atoms with van der Waals surface area (Å²) < 4.78 is 3.18. The summed E-state index contributed by atoms with van der Waals surface area (Å²) in [5.74, 6) is 0.271. The summed E-state index contributed by atoms with van der Waals surface area (Å²) in [5.41, 5.74) is 3.24. The largest absolute Gasteiger partial charge is 0.305 e. The van der Waals surface area contributed by atoms with Crippen LogP contribution in [0.25, 0.3) is 22.2 Å². The second kappa shape index (κ2) is 7.57. The molecule has 10 heteroatoms. The van der Waals surface area contributed by atoms with E-state index in [9.17, 15) is 9.59 Å². The van der Waals surface area contributed by atoms with Gasteiger partial charge in [-0.15, -0.1) is 11.3 Å². The number of pyridine rings is 1. The van der Waals surface area contributed by atoms with E-state index in [1.54, 1.807) is 37.4 Å². The average molecular weight is 446 g/mol. The molecule has 0 spiro atoms. The average Bonchev–Trinajstić information content (AvgIpc) is 3.49. The van der Waals surface area contributed by atoms with E-state index >= 15 is 0 Å². The lowest BCUT2D eigenvalue weighted by molar-refractivity contribution is 0.102. The van der Waals surface area contributed by atoms with Crippen LogP contribution in [-0.4, -0.2) is 35.0 Å². The summed E-state index contributed by atoms with van der Waals surface area (Å²) in [6.07, 6.45) is 1.79. The smallest absolute Gasteiger partial charge is 0.275 e. The molecule has 0 unspecified atom stereocenters. The summed E-state index contributed by atoms with van der Waals surface area (Å²) >= 11 is 1.53. The van der Waals surface area contributed by atoms with E-state index < -0.39 is 0 Å². The highest BCUT2D eigenvalue weighted by atomic mass is 32.1. The molecule has 5 aromatic rings. The number of carbonyl (C=O) groups excluding carboxylic acids is 1. The number of hydrogen-bond donors (Lipinski definition) is 2. The van der Waals surface area contributed by atoms with Gasteiger partial charge in [0.25, 0.3) is 11.5 Å². The number of amides is 1. The van der Waals surface area contributed by atoms with Crippen LogP contribution >= 0.6 is 11.3 Å². The number of carbonyl (C=O) groups is 1. The predicted octanol–water partition coefficient (Wildman–Crippen LogP) is 3.51. The van der Waals surface area contributed by atoms with Crippen molar-refractivity contribution in [2.75, 3.05) is 5.32 Å². The van der Waals surface area contributed by atoms with Gasteiger partial charge in [-0.25, -0.2) is 9.97 Å². The molecular formula is C22H19N7O2S. The van der Waals surface area contributed by atoms with Gasteiger partial charge in [0.2, 0.25) is 5.95 Å². The molecule has 0 aromatic carbocycles. The predicted molar refractivity (Wildman–Crippen MR) is 123 cm³/mol. The minimum absolute atomic E-state index is 0.228. The molecule has 0 fully saturated rings. The number of anilines is 1. The third kappa shape index (κ3) is 3.30. The molecule has 0 radical (unpaired) electrons. The maximum Gasteiger partial charge on any atom is 0.275 e. The van der Waals surface area contributed by atoms with E-state index in [1.165, 1.54) is 16.0 Å². The molecule has 1 amide bonds. The first-order valence-corrected chi connectivity index (χ1v) is 10.8. The van der Waals surface area contributed by atoms with Gasteiger partial charge in [0.15, 0.2) is 0 Å². The molecule has 0 bridgehead atoms. The number of hydrogen-bond acceptors (Lipinski definition) is 6. The Hall–Kier alpha value is -4.05. The molecule has 0 aliphatic heterocycles. The summed E-state index contributed by atoms with van der Waals surface area (Å²) in [6.45, 7) is 5.26. The Morgan fingerprint density at radius 2 is 1.94 bits per heavy atom. The maximum absolute atomic E-state index is 13.3. The first-order chi connectivity index (χ1) is 15.4. The van der Waals surface area contributed by atoms with Crippen LogP contribution in [-0.2, 0) is 0 Å². The Morgan fingerprint density at radius 3 is 2.69 bits per heavy atom. The molecule has 0 aliphatic carbocycles. The van der Waals surface area contributed by atoms with Crippen molar-refractivity contribution in [2.24, 2.45) is 0 Å². The number of rotatable bonds is 4. The monoisotopic (exact) mass is 445 g/mol. The van der Waals surface area contributed by atoms with Gasteiger partial charge in [0.05, 0.1) is 10.6 Å². The first-order valence-electron chi connectivity index (χ1n) is 9.89. The molecule has 32 heavy (non-hydrogen) atoms. The van der Waals surface area contributed by atoms with Crippen LogP contribution in [0.2, 0.25) is 0 Å². The zero-order chi connectivity index (χ0) is 22.4. The third-order valence-electron chi connectivity index (χ3n) is 5.23. The van der Waals surface area contributed by atoms with Gasteiger partial charge in [-0.1, -0.05) is 12.1 Å². The van der Waals surface area contributed by atoms with Crippen molar-refractivity contribution >= 4 is 28.7 Å². The van der Waals surface area contributed by atoms with E-state index in [1.807, 2.05) is 35.7 Å². The van der Waals surface area contributed by atoms with Gasteiger partial charge in [0, 0.05) is 23.5 Å². The van der Waals surface area contributed by atoms with Crippen LogP contribution in [0.5, 0.6) is 0 Å². The zero-order valence-corrected chi connectivity index (χ0v) is 18.4. The van der Waals surface area contributed by atoms with Crippen molar-refractivity contribution in [3.8, 4) is 16.5 Å². The first kappa shape index (κ1) is 19.9. The van der Waals surface area contributed by atoms with E-state index in [4.69, 9.17) is 0 Å². The van der Waals surface area contributed by atoms with E-state index in [0.29, 0.717) is 39.8 Å². The molecule has 0 saturated carbocycles. The van der Waals surface area contributed by atoms with Crippen LogP contribution in [0.1, 0.15) is 27.4 Å². The van der Waals surface area contributed by atoms with Crippen LogP contribution in [0, 0.1) is 20.8 Å². The highest BCUT2D eigenvalue weighted by molar-refractivity contribution is 7.13. The summed E-state index contributed by atoms with van der Waals surface area (Å²) in [7, 11) is 0. The molecule has 0 aliphatic rings. The maximum atomic E-state index is 13.3. The SMILES string of the molecule is Cc1nc(-n2nc(-c3cccs3)cc2NC(=O)c2c(C)nc3ccccn23)[nH]c(=O)c1C. The van der Waals surface area contributed by atoms with E-state index in [-0.39, 0.29) is 17.4 Å². The minimum Gasteiger partial charge on any atom is -0.305 e. The number of nitrogens with one attached hydrogen (secondary N) is 2. The van der Waals surface area contributed by atoms with Crippen LogP contribution in [0.15, 0.2) is 52.8 Å². The Morgan fingerprint density at radius 1 is 1.09 bits per heavy atom. The second-order valence-corrected chi connectivity index (χ2v) is 8.28. The normalized spacial score (nSPS) is 11.2. The van der Waals surface area contributed by atoms with Crippen LogP contribution in [0.4, 0.5) is 5.82 Å². The number of thiophene rings is 1. The molecule has 9 nitrogen and oxygen atoms in total. The fourth-order valence-electron chi connectivity index (χ4n) is 3.47. The third-order valence-corrected chi connectivity index (χ3v) is 6.12. The Labute approximate surface area is 186 Å². The highest BCUT2D eigenvalue weighted by Crippen LogP contribution is 2.28. The molecule has 2 N–H and O–H groups in total. The molecule has 5 rings (SSSR count). The van der Waals surface area contributed by atoms with Crippen molar-refractivity contribution in [1.29, 1.82) is 0 Å². The lowest BCUT2D eigenvalue weighted by atomic mass is 10.3. The number of aromatic nitrogens is 6. The van der Waals surface area contributed by atoms with Gasteiger partial charge in [-0.2, -0.15) is 9.78 Å². The Balaban J connectivity index is 1.62. The van der Waals surface area contributed by atoms with Gasteiger partial charge in [-0.05, 0) is 44.4 Å². The van der Waals surface area contributed by atoms with Crippen molar-refractivity contribution in [1.82, 2.24) is 29.1 Å². The number of fused-ring (bicyclic) bond motifs is 1. The Bertz CT molecular complexity index is 1530. The molecule has 5 heterocycles. The second-order valence-electron chi connectivity index (χ2n) is 7.33. The molecule has 5 aromatic heterocycles. The molecule has 0 atom stereocenters. The Kier molecular flexibility index (Phi) is 4.71. The molecule has 160 valence electrons. The van der Waals surface area contributed by atoms with Gasteiger partial charge >= 0.3 is 0 Å². The van der Waals surface area contributed by atoms with Gasteiger partial charge < -0.3 is 5.32 Å². The van der Waals surface area contributed by atoms with Gasteiger partial charge in [0.1, 0.15) is 22.9 Å². The van der Waals surface area contributed by atoms with Crippen molar-refractivity contribution in [3.63, 3.8) is 0 Å². The van der Waals surface area contributed by atoms with Gasteiger partial charge in [-0.3, -0.25) is 19.0 Å². The summed E-state index contributed by atoms with van der Waals surface area (Å²) in [5, 5.41) is 9.48. The highest BCUT2D eigenvalue weighted by Gasteiger charge is 2.21. The van der Waals surface area contributed by atoms with Crippen LogP contribution < -0.4 is 10.9 Å². The number of aromatic amines is 1. The van der Waals surface area contributed by atoms with Crippen molar-refractivity contribution in [3.05, 3.63) is 81.0 Å². The summed E-state index contributed by atoms with van der Waals surface area (Å²) in [4.78, 5) is 38.2. The topological polar surface area (TPSA) is 110 Å². The number of nitrogens with zero attached hydrogens (tertiary/aromatic N) is 5. The summed E-state index contributed by atoms with van der Waals surface area (Å²) in [6, 6.07) is 11.2. The standard InChI is InChI=1S/C22H19N7O2S/c1-12-13(2)24-22(26-20(12)30)29-18(11-15(27-29)16-7-6-10-32-16)25-21(31)19-14(3)23-17-8-4-5-9-28(17)19/h4-11H,1-3H3,(H,25,31)(H,24,26,30). The zero-order valence-electron chi connectivity index (χ0n) is 17.6. The molecule has 0 saturated heterocycles. The quantitative estimate of drug-likeness (QED) is 0.440. The number of H-pyrrole nitrogens is 1. The fourth-order valence-corrected chi connectivity index (χ4v) is 4.15. The van der Waals surface area contributed by atoms with Crippen molar-refractivity contribution in [2.45, 2.75) is 20.8 Å². The van der Waals surface area contributed by atoms with E-state index in [0.717, 1.165) is 4.88 Å². The number of imidazole rings is 1. The number of aryl methyl sites for hydroxylation is 2. The van der Waals surface area contributed by atoms with Crippen molar-refractivity contribution < 1.29 is 4.79 Å². The minimum atomic E-state index is -0.341. The molecular weight excluding hydrogens is 426 g/mol. The fraction of sp³-hybridized carbons (Fsp3) is 0.136. The lowest BCUT2D eigenvalue weighted by Gasteiger charge is -2.09. The van der Waals surface area contributed by atoms with E-state index in [2.05, 4.69) is 25.4 Å². The lowest BCUT2D eigenvalue weighted by Crippen LogP contribution is -2.21. The van der Waals surface area contributed by atoms with Crippen LogP contribution in [0.3, 0.4) is 0 Å².